The Hall–Kier alpha value is -2.77. The minimum absolute atomic E-state index is 0.104. The van der Waals surface area contributed by atoms with Crippen molar-refractivity contribution in [2.75, 3.05) is 0 Å². The summed E-state index contributed by atoms with van der Waals surface area (Å²) in [6, 6.07) is 17.6. The van der Waals surface area contributed by atoms with Crippen LogP contribution in [0.1, 0.15) is 94.7 Å². The first-order valence-corrected chi connectivity index (χ1v) is 13.2. The van der Waals surface area contributed by atoms with Crippen molar-refractivity contribution in [2.45, 2.75) is 90.1 Å². The van der Waals surface area contributed by atoms with Crippen molar-refractivity contribution >= 4 is 17.2 Å². The van der Waals surface area contributed by atoms with Gasteiger partial charge in [-0.2, -0.15) is 5.26 Å². The van der Waals surface area contributed by atoms with Crippen molar-refractivity contribution in [2.24, 2.45) is 16.3 Å². The molecule has 1 N–H and O–H groups in total. The number of unbranched alkanes of at least 4 members (excludes halogenated alkanes) is 1. The van der Waals surface area contributed by atoms with Crippen LogP contribution >= 0.6 is 0 Å². The van der Waals surface area contributed by atoms with Crippen molar-refractivity contribution in [3.05, 3.63) is 65.2 Å². The number of carbonyl (C=O) groups is 1. The van der Waals surface area contributed by atoms with Crippen LogP contribution in [0.3, 0.4) is 0 Å². The van der Waals surface area contributed by atoms with Crippen molar-refractivity contribution < 1.29 is 9.90 Å². The maximum atomic E-state index is 12.6. The molecule has 1 saturated carbocycles. The van der Waals surface area contributed by atoms with Gasteiger partial charge >= 0.3 is 0 Å². The van der Waals surface area contributed by atoms with Gasteiger partial charge in [0.15, 0.2) is 0 Å². The summed E-state index contributed by atoms with van der Waals surface area (Å²) in [6.07, 6.45) is 10.3. The molecule has 2 atom stereocenters. The first kappa shape index (κ1) is 25.3. The van der Waals surface area contributed by atoms with Crippen molar-refractivity contribution in [3.8, 4) is 6.07 Å². The molecule has 2 unspecified atom stereocenters. The summed E-state index contributed by atoms with van der Waals surface area (Å²) in [4.78, 5) is 17.7. The lowest BCUT2D eigenvalue weighted by molar-refractivity contribution is -0.123. The van der Waals surface area contributed by atoms with E-state index in [0.717, 1.165) is 49.8 Å². The third-order valence-corrected chi connectivity index (χ3v) is 8.32. The molecule has 1 aliphatic carbocycles. The zero-order valence-electron chi connectivity index (χ0n) is 21.2. The van der Waals surface area contributed by atoms with Crippen LogP contribution in [0.25, 0.3) is 0 Å². The normalized spacial score (nSPS) is 20.7. The van der Waals surface area contributed by atoms with Crippen LogP contribution in [0, 0.1) is 22.7 Å². The second-order valence-electron chi connectivity index (χ2n) is 11.1. The molecule has 0 aromatic heterocycles. The van der Waals surface area contributed by atoms with E-state index in [1.165, 1.54) is 30.5 Å². The molecule has 0 saturated heterocycles. The van der Waals surface area contributed by atoms with Gasteiger partial charge in [-0.3, -0.25) is 9.79 Å². The number of aliphatic hydroxyl groups is 1. The molecule has 2 aromatic carbocycles. The highest BCUT2D eigenvalue weighted by Gasteiger charge is 2.40. The summed E-state index contributed by atoms with van der Waals surface area (Å²) in [6.45, 7) is 4.16. The smallest absolute Gasteiger partial charge is 0.136 e. The Morgan fingerprint density at radius 1 is 1.20 bits per heavy atom. The zero-order chi connectivity index (χ0) is 24.9. The lowest BCUT2D eigenvalue weighted by atomic mass is 9.59. The highest BCUT2D eigenvalue weighted by molar-refractivity contribution is 5.88. The lowest BCUT2D eigenvalue weighted by Gasteiger charge is -2.46. The highest BCUT2D eigenvalue weighted by atomic mass is 16.3. The van der Waals surface area contributed by atoms with E-state index >= 15 is 0 Å². The number of aryl methyl sites for hydroxylation is 1. The average molecular weight is 471 g/mol. The molecule has 0 radical (unpaired) electrons. The average Bonchev–Trinajstić information content (AvgIpc) is 2.82. The van der Waals surface area contributed by atoms with Gasteiger partial charge in [0.25, 0.3) is 0 Å². The fourth-order valence-electron chi connectivity index (χ4n) is 5.81. The number of fused-ring (bicyclic) bond motifs is 1. The van der Waals surface area contributed by atoms with E-state index in [1.807, 2.05) is 48.5 Å². The fraction of sp³-hybridized carbons (Fsp3) is 0.516. The number of hydrogen-bond acceptors (Lipinski definition) is 4. The lowest BCUT2D eigenvalue weighted by Crippen LogP contribution is -2.36. The molecule has 0 amide bonds. The number of nitrogens with zero attached hydrogens (tertiary/aromatic N) is 2. The zero-order valence-corrected chi connectivity index (χ0v) is 21.2. The van der Waals surface area contributed by atoms with Crippen LogP contribution in [0.2, 0.25) is 0 Å². The van der Waals surface area contributed by atoms with Crippen LogP contribution in [-0.4, -0.2) is 16.6 Å². The number of nitriles is 1. The summed E-state index contributed by atoms with van der Waals surface area (Å²) in [5.41, 5.74) is 4.20. The standard InChI is InChI=1S/C31H38N2O2/c1-30(17-8-18-30)26-15-14-24-19-23(22-32)13-16-29(24)33-27(20-26)11-6-7-12-28(34)21-31(2,35)25-9-4-3-5-10-25/h3-5,9-10,13,16,19,26,35H,6-8,11-12,14-15,17-18,20-21H2,1-2H3. The van der Waals surface area contributed by atoms with Crippen molar-refractivity contribution in [1.82, 2.24) is 0 Å². The first-order valence-electron chi connectivity index (χ1n) is 13.2. The summed E-state index contributed by atoms with van der Waals surface area (Å²) >= 11 is 0. The maximum absolute atomic E-state index is 12.6. The predicted octanol–water partition coefficient (Wildman–Crippen LogP) is 7.20. The van der Waals surface area contributed by atoms with E-state index in [0.29, 0.717) is 23.3 Å². The molecule has 1 heterocycles. The molecule has 1 fully saturated rings. The van der Waals surface area contributed by atoms with E-state index in [4.69, 9.17) is 4.99 Å². The third kappa shape index (κ3) is 6.27. The number of benzene rings is 2. The van der Waals surface area contributed by atoms with Gasteiger partial charge < -0.3 is 5.11 Å². The van der Waals surface area contributed by atoms with Crippen molar-refractivity contribution in [3.63, 3.8) is 0 Å². The van der Waals surface area contributed by atoms with Gasteiger partial charge in [-0.25, -0.2) is 0 Å². The van der Waals surface area contributed by atoms with Crippen LogP contribution in [0.4, 0.5) is 5.69 Å². The number of Topliss-reactive ketones (excluding diaryl/α,β-unsaturated/α-hetero) is 1. The Morgan fingerprint density at radius 2 is 1.97 bits per heavy atom. The van der Waals surface area contributed by atoms with E-state index in [1.54, 1.807) is 6.92 Å². The molecule has 4 nitrogen and oxygen atoms in total. The van der Waals surface area contributed by atoms with E-state index in [-0.39, 0.29) is 12.2 Å². The quantitative estimate of drug-likeness (QED) is 0.394. The summed E-state index contributed by atoms with van der Waals surface area (Å²) < 4.78 is 0. The molecule has 2 aromatic rings. The second kappa shape index (κ2) is 10.9. The third-order valence-electron chi connectivity index (χ3n) is 8.32. The largest absolute Gasteiger partial charge is 0.385 e. The topological polar surface area (TPSA) is 73.4 Å². The number of hydrogen-bond donors (Lipinski definition) is 1. The molecule has 35 heavy (non-hydrogen) atoms. The monoisotopic (exact) mass is 470 g/mol. The van der Waals surface area contributed by atoms with Gasteiger partial charge in [-0.15, -0.1) is 0 Å². The van der Waals surface area contributed by atoms with Crippen LogP contribution in [-0.2, 0) is 16.8 Å². The van der Waals surface area contributed by atoms with Gasteiger partial charge in [0.1, 0.15) is 5.78 Å². The molecular formula is C31H38N2O2. The van der Waals surface area contributed by atoms with Gasteiger partial charge in [0.05, 0.1) is 22.9 Å². The van der Waals surface area contributed by atoms with Gasteiger partial charge in [0.2, 0.25) is 0 Å². The molecule has 0 spiro atoms. The second-order valence-corrected chi connectivity index (χ2v) is 11.1. The van der Waals surface area contributed by atoms with E-state index < -0.39 is 5.60 Å². The Bertz CT molecular complexity index is 1110. The Labute approximate surface area is 210 Å². The van der Waals surface area contributed by atoms with Gasteiger partial charge in [0, 0.05) is 18.6 Å². The minimum Gasteiger partial charge on any atom is -0.385 e. The molecule has 184 valence electrons. The van der Waals surface area contributed by atoms with Crippen LogP contribution in [0.15, 0.2) is 53.5 Å². The number of rotatable bonds is 9. The minimum atomic E-state index is -1.13. The highest BCUT2D eigenvalue weighted by Crippen LogP contribution is 2.50. The van der Waals surface area contributed by atoms with E-state index in [2.05, 4.69) is 13.0 Å². The molecular weight excluding hydrogens is 432 g/mol. The van der Waals surface area contributed by atoms with E-state index in [9.17, 15) is 15.2 Å². The van der Waals surface area contributed by atoms with Gasteiger partial charge in [-0.1, -0.05) is 43.7 Å². The Morgan fingerprint density at radius 3 is 2.66 bits per heavy atom. The number of carbonyl (C=O) groups excluding carboxylic acids is 1. The molecule has 4 rings (SSSR count). The number of ketones is 1. The molecule has 0 bridgehead atoms. The SMILES string of the molecule is CC(O)(CC(=O)CCCCC1=Nc2ccc(C#N)cc2CCC(C2(C)CCC2)C1)c1ccccc1. The fourth-order valence-corrected chi connectivity index (χ4v) is 5.81. The van der Waals surface area contributed by atoms with Crippen molar-refractivity contribution in [1.29, 1.82) is 5.26 Å². The van der Waals surface area contributed by atoms with Crippen LogP contribution < -0.4 is 0 Å². The maximum Gasteiger partial charge on any atom is 0.136 e. The summed E-state index contributed by atoms with van der Waals surface area (Å²) in [5.74, 6) is 0.726. The Balaban J connectivity index is 1.38. The first-order chi connectivity index (χ1) is 16.8. The van der Waals surface area contributed by atoms with Crippen LogP contribution in [0.5, 0.6) is 0 Å². The molecule has 1 aliphatic heterocycles. The predicted molar refractivity (Wildman–Crippen MR) is 141 cm³/mol. The number of aliphatic imine (C=N–C) groups is 1. The van der Waals surface area contributed by atoms with Gasteiger partial charge in [-0.05, 0) is 98.9 Å². The summed E-state index contributed by atoms with van der Waals surface area (Å²) in [5, 5.41) is 20.1. The molecule has 4 heteroatoms. The summed E-state index contributed by atoms with van der Waals surface area (Å²) in [7, 11) is 0. The molecule has 2 aliphatic rings. The Kier molecular flexibility index (Phi) is 7.87.